The first-order chi connectivity index (χ1) is 6.86. The number of aromatic nitrogens is 1. The van der Waals surface area contributed by atoms with E-state index in [0.29, 0.717) is 6.07 Å². The van der Waals surface area contributed by atoms with Gasteiger partial charge in [0.1, 0.15) is 5.69 Å². The van der Waals surface area contributed by atoms with Gasteiger partial charge in [-0.25, -0.2) is 9.78 Å². The minimum atomic E-state index is -4.62. The number of ether oxygens (including phenoxy) is 1. The van der Waals surface area contributed by atoms with Gasteiger partial charge in [0.15, 0.2) is 0 Å². The van der Waals surface area contributed by atoms with Gasteiger partial charge >= 0.3 is 12.1 Å². The molecule has 0 saturated heterocycles. The second-order valence-corrected chi connectivity index (χ2v) is 2.95. The molecule has 1 heterocycles. The molecule has 0 aliphatic rings. The van der Waals surface area contributed by atoms with E-state index in [1.165, 1.54) is 0 Å². The van der Waals surface area contributed by atoms with Gasteiger partial charge in [-0.15, -0.1) is 0 Å². The Morgan fingerprint density at radius 3 is 2.60 bits per heavy atom. The molecule has 0 spiro atoms. The van der Waals surface area contributed by atoms with Crippen LogP contribution in [0.15, 0.2) is 12.3 Å². The Kier molecular flexibility index (Phi) is 3.18. The van der Waals surface area contributed by atoms with Crippen molar-refractivity contribution < 1.29 is 22.7 Å². The lowest BCUT2D eigenvalue weighted by atomic mass is 10.2. The van der Waals surface area contributed by atoms with Crippen molar-refractivity contribution in [1.29, 1.82) is 0 Å². The van der Waals surface area contributed by atoms with E-state index in [1.54, 1.807) is 0 Å². The number of alkyl halides is 3. The van der Waals surface area contributed by atoms with Crippen molar-refractivity contribution in [1.82, 2.24) is 4.98 Å². The molecule has 7 heteroatoms. The molecule has 0 fully saturated rings. The van der Waals surface area contributed by atoms with E-state index in [0.717, 1.165) is 13.3 Å². The van der Waals surface area contributed by atoms with Gasteiger partial charge in [-0.3, -0.25) is 0 Å². The molecule has 1 aromatic rings. The Morgan fingerprint density at radius 2 is 2.13 bits per heavy atom. The predicted octanol–water partition coefficient (Wildman–Crippen LogP) is 2.54. The van der Waals surface area contributed by atoms with E-state index in [2.05, 4.69) is 9.72 Å². The van der Waals surface area contributed by atoms with Gasteiger partial charge in [0, 0.05) is 6.20 Å². The quantitative estimate of drug-likeness (QED) is 0.707. The Labute approximate surface area is 87.8 Å². The molecule has 3 nitrogen and oxygen atoms in total. The van der Waals surface area contributed by atoms with Crippen LogP contribution in [-0.4, -0.2) is 18.1 Å². The normalized spacial score (nSPS) is 11.3. The maximum absolute atomic E-state index is 12.3. The predicted molar refractivity (Wildman–Crippen MR) is 45.6 cm³/mol. The minimum Gasteiger partial charge on any atom is -0.464 e. The second kappa shape index (κ2) is 4.06. The Bertz CT molecular complexity index is 392. The van der Waals surface area contributed by atoms with Crippen molar-refractivity contribution in [2.45, 2.75) is 6.18 Å². The molecule has 0 aliphatic carbocycles. The lowest BCUT2D eigenvalue weighted by molar-refractivity contribution is -0.137. The molecule has 0 saturated carbocycles. The molecule has 0 aliphatic heterocycles. The van der Waals surface area contributed by atoms with Crippen LogP contribution < -0.4 is 0 Å². The lowest BCUT2D eigenvalue weighted by Gasteiger charge is -2.09. The summed E-state index contributed by atoms with van der Waals surface area (Å²) in [6.45, 7) is 0. The number of rotatable bonds is 1. The summed E-state index contributed by atoms with van der Waals surface area (Å²) in [6.07, 6.45) is -3.86. The van der Waals surface area contributed by atoms with E-state index >= 15 is 0 Å². The zero-order valence-electron chi connectivity index (χ0n) is 7.43. The molecule has 0 unspecified atom stereocenters. The molecule has 0 N–H and O–H groups in total. The summed E-state index contributed by atoms with van der Waals surface area (Å²) in [5, 5.41) is -0.560. The molecule has 1 aromatic heterocycles. The number of carbonyl (C=O) groups excluding carboxylic acids is 1. The van der Waals surface area contributed by atoms with Crippen LogP contribution in [0.5, 0.6) is 0 Å². The first-order valence-electron chi connectivity index (χ1n) is 3.67. The zero-order valence-corrected chi connectivity index (χ0v) is 8.19. The third-order valence-corrected chi connectivity index (χ3v) is 1.86. The molecule has 0 radical (unpaired) electrons. The van der Waals surface area contributed by atoms with Gasteiger partial charge in [-0.05, 0) is 6.07 Å². The third-order valence-electron chi connectivity index (χ3n) is 1.56. The monoisotopic (exact) mass is 239 g/mol. The summed E-state index contributed by atoms with van der Waals surface area (Å²) >= 11 is 5.29. The second-order valence-electron chi connectivity index (χ2n) is 2.54. The van der Waals surface area contributed by atoms with Crippen molar-refractivity contribution >= 4 is 17.6 Å². The topological polar surface area (TPSA) is 39.2 Å². The van der Waals surface area contributed by atoms with E-state index in [1.807, 2.05) is 0 Å². The molecular weight excluding hydrogens is 235 g/mol. The number of halogens is 4. The average molecular weight is 240 g/mol. The van der Waals surface area contributed by atoms with Crippen molar-refractivity contribution in [3.8, 4) is 0 Å². The van der Waals surface area contributed by atoms with Gasteiger partial charge in [0.25, 0.3) is 0 Å². The van der Waals surface area contributed by atoms with Crippen LogP contribution in [-0.2, 0) is 10.9 Å². The van der Waals surface area contributed by atoms with Crippen molar-refractivity contribution in [2.24, 2.45) is 0 Å². The van der Waals surface area contributed by atoms with E-state index < -0.39 is 28.4 Å². The number of pyridine rings is 1. The minimum absolute atomic E-state index is 0.436. The number of esters is 1. The van der Waals surface area contributed by atoms with Crippen LogP contribution in [0.1, 0.15) is 16.1 Å². The summed E-state index contributed by atoms with van der Waals surface area (Å²) in [7, 11) is 1.05. The van der Waals surface area contributed by atoms with Crippen LogP contribution in [0.25, 0.3) is 0 Å². The standard InChI is InChI=1S/C8H5ClF3NO2/c1-15-7(14)6-2-4(8(10,11)12)5(9)3-13-6/h2-3H,1H3. The zero-order chi connectivity index (χ0) is 11.6. The smallest absolute Gasteiger partial charge is 0.417 e. The summed E-state index contributed by atoms with van der Waals surface area (Å²) in [5.74, 6) is -0.947. The fourth-order valence-electron chi connectivity index (χ4n) is 0.872. The van der Waals surface area contributed by atoms with Gasteiger partial charge < -0.3 is 4.74 Å². The fraction of sp³-hybridized carbons (Fsp3) is 0.250. The lowest BCUT2D eigenvalue weighted by Crippen LogP contribution is -2.11. The fourth-order valence-corrected chi connectivity index (χ4v) is 1.08. The van der Waals surface area contributed by atoms with E-state index in [4.69, 9.17) is 11.6 Å². The summed E-state index contributed by atoms with van der Waals surface area (Å²) < 4.78 is 41.2. The number of hydrogen-bond donors (Lipinski definition) is 0. The number of hydrogen-bond acceptors (Lipinski definition) is 3. The van der Waals surface area contributed by atoms with Gasteiger partial charge in [0.05, 0.1) is 17.7 Å². The molecule has 0 atom stereocenters. The number of methoxy groups -OCH3 is 1. The van der Waals surface area contributed by atoms with Crippen molar-refractivity contribution in [2.75, 3.05) is 7.11 Å². The highest BCUT2D eigenvalue weighted by Crippen LogP contribution is 2.34. The van der Waals surface area contributed by atoms with E-state index in [-0.39, 0.29) is 0 Å². The maximum atomic E-state index is 12.3. The van der Waals surface area contributed by atoms with E-state index in [9.17, 15) is 18.0 Å². The molecule has 0 aromatic carbocycles. The highest BCUT2D eigenvalue weighted by atomic mass is 35.5. The first kappa shape index (κ1) is 11.8. The molecule has 0 amide bonds. The van der Waals surface area contributed by atoms with Crippen molar-refractivity contribution in [3.05, 3.63) is 28.5 Å². The highest BCUT2D eigenvalue weighted by molar-refractivity contribution is 6.31. The summed E-state index contributed by atoms with van der Waals surface area (Å²) in [6, 6.07) is 0.550. The summed E-state index contributed by atoms with van der Waals surface area (Å²) in [4.78, 5) is 14.3. The molecule has 0 bridgehead atoms. The maximum Gasteiger partial charge on any atom is 0.417 e. The molecular formula is C8H5ClF3NO2. The summed E-state index contributed by atoms with van der Waals surface area (Å²) in [5.41, 5.74) is -1.55. The number of nitrogens with zero attached hydrogens (tertiary/aromatic N) is 1. The Balaban J connectivity index is 3.23. The van der Waals surface area contributed by atoms with Crippen LogP contribution in [0.2, 0.25) is 5.02 Å². The van der Waals surface area contributed by atoms with Gasteiger partial charge in [-0.1, -0.05) is 11.6 Å². The van der Waals surface area contributed by atoms with Crippen LogP contribution in [0.4, 0.5) is 13.2 Å². The first-order valence-corrected chi connectivity index (χ1v) is 4.05. The molecule has 15 heavy (non-hydrogen) atoms. The largest absolute Gasteiger partial charge is 0.464 e. The molecule has 1 rings (SSSR count). The van der Waals surface area contributed by atoms with Crippen LogP contribution in [0.3, 0.4) is 0 Å². The highest BCUT2D eigenvalue weighted by Gasteiger charge is 2.34. The van der Waals surface area contributed by atoms with Crippen LogP contribution in [0, 0.1) is 0 Å². The van der Waals surface area contributed by atoms with Crippen LogP contribution >= 0.6 is 11.6 Å². The third kappa shape index (κ3) is 2.59. The SMILES string of the molecule is COC(=O)c1cc(C(F)(F)F)c(Cl)cn1. The number of carbonyl (C=O) groups is 1. The van der Waals surface area contributed by atoms with Gasteiger partial charge in [-0.2, -0.15) is 13.2 Å². The molecule has 82 valence electrons. The Hall–Kier alpha value is -1.30. The Morgan fingerprint density at radius 1 is 1.53 bits per heavy atom. The van der Waals surface area contributed by atoms with Gasteiger partial charge in [0.2, 0.25) is 0 Å². The average Bonchev–Trinajstić information content (AvgIpc) is 2.15. The van der Waals surface area contributed by atoms with Crippen molar-refractivity contribution in [3.63, 3.8) is 0 Å².